The Morgan fingerprint density at radius 2 is 1.58 bits per heavy atom. The minimum Gasteiger partial charge on any atom is -0.454 e. The average Bonchev–Trinajstić information content (AvgIpc) is 3.56. The van der Waals surface area contributed by atoms with Crippen molar-refractivity contribution in [2.45, 2.75) is 31.9 Å². The van der Waals surface area contributed by atoms with Gasteiger partial charge in [-0.3, -0.25) is 0 Å². The molecule has 162 valence electrons. The molecule has 31 heavy (non-hydrogen) atoms. The number of halogens is 4. The van der Waals surface area contributed by atoms with E-state index in [-0.39, 0.29) is 24.2 Å². The van der Waals surface area contributed by atoms with Crippen molar-refractivity contribution < 1.29 is 31.8 Å². The van der Waals surface area contributed by atoms with E-state index in [1.807, 2.05) is 6.07 Å². The van der Waals surface area contributed by atoms with Crippen molar-refractivity contribution in [1.82, 2.24) is 0 Å². The Labute approximate surface area is 177 Å². The van der Waals surface area contributed by atoms with Gasteiger partial charge >= 0.3 is 6.36 Å². The van der Waals surface area contributed by atoms with Gasteiger partial charge in [-0.05, 0) is 66.3 Å². The van der Waals surface area contributed by atoms with Crippen LogP contribution in [-0.2, 0) is 11.3 Å². The van der Waals surface area contributed by atoms with E-state index in [9.17, 15) is 17.6 Å². The molecule has 3 nitrogen and oxygen atoms in total. The standard InChI is InChI=1S/C24H20F4O3/c25-21-13-6-16(14-22(21)30-19-4-2-1-3-5-19)15-29-23(17-7-8-17)18-9-11-20(12-10-18)31-24(26,27)28/h1-6,9-14,17,23H,7-8,15H2. The minimum atomic E-state index is -4.73. The molecule has 0 bridgehead atoms. The first-order valence-electron chi connectivity index (χ1n) is 9.86. The Balaban J connectivity index is 1.43. The molecular formula is C24H20F4O3. The van der Waals surface area contributed by atoms with Gasteiger partial charge in [-0.25, -0.2) is 4.39 Å². The molecule has 1 aliphatic carbocycles. The van der Waals surface area contributed by atoms with Gasteiger partial charge in [0.1, 0.15) is 11.5 Å². The van der Waals surface area contributed by atoms with Crippen LogP contribution in [0.4, 0.5) is 17.6 Å². The van der Waals surface area contributed by atoms with E-state index in [1.54, 1.807) is 48.5 Å². The quantitative estimate of drug-likeness (QED) is 0.353. The highest BCUT2D eigenvalue weighted by molar-refractivity contribution is 5.35. The molecule has 1 unspecified atom stereocenters. The Bertz CT molecular complexity index is 1000. The van der Waals surface area contributed by atoms with Crippen molar-refractivity contribution in [2.75, 3.05) is 0 Å². The molecule has 0 spiro atoms. The topological polar surface area (TPSA) is 27.7 Å². The molecule has 0 saturated heterocycles. The molecule has 0 radical (unpaired) electrons. The normalized spacial score (nSPS) is 14.8. The summed E-state index contributed by atoms with van der Waals surface area (Å²) in [5.41, 5.74) is 1.51. The first kappa shape index (κ1) is 21.2. The van der Waals surface area contributed by atoms with Gasteiger partial charge in [0.25, 0.3) is 0 Å². The molecule has 0 aliphatic heterocycles. The second-order valence-corrected chi connectivity index (χ2v) is 7.37. The zero-order valence-corrected chi connectivity index (χ0v) is 16.4. The lowest BCUT2D eigenvalue weighted by Crippen LogP contribution is -2.17. The van der Waals surface area contributed by atoms with Crippen molar-refractivity contribution in [2.24, 2.45) is 5.92 Å². The van der Waals surface area contributed by atoms with E-state index in [1.165, 1.54) is 18.2 Å². The monoisotopic (exact) mass is 432 g/mol. The van der Waals surface area contributed by atoms with Crippen LogP contribution in [0.1, 0.15) is 30.1 Å². The van der Waals surface area contributed by atoms with E-state index in [0.29, 0.717) is 11.7 Å². The molecule has 0 heterocycles. The summed E-state index contributed by atoms with van der Waals surface area (Å²) >= 11 is 0. The Hall–Kier alpha value is -3.06. The highest BCUT2D eigenvalue weighted by Gasteiger charge is 2.34. The van der Waals surface area contributed by atoms with E-state index in [2.05, 4.69) is 4.74 Å². The largest absolute Gasteiger partial charge is 0.573 e. The molecule has 1 fully saturated rings. The van der Waals surface area contributed by atoms with Gasteiger partial charge in [0.15, 0.2) is 11.6 Å². The van der Waals surface area contributed by atoms with Crippen LogP contribution in [0.2, 0.25) is 0 Å². The van der Waals surface area contributed by atoms with Gasteiger partial charge in [0.2, 0.25) is 0 Å². The van der Waals surface area contributed by atoms with Gasteiger partial charge in [0, 0.05) is 0 Å². The molecule has 7 heteroatoms. The van der Waals surface area contributed by atoms with Crippen molar-refractivity contribution in [1.29, 1.82) is 0 Å². The highest BCUT2D eigenvalue weighted by atomic mass is 19.4. The third-order valence-electron chi connectivity index (χ3n) is 4.89. The van der Waals surface area contributed by atoms with Gasteiger partial charge in [-0.1, -0.05) is 36.4 Å². The zero-order valence-electron chi connectivity index (χ0n) is 16.4. The smallest absolute Gasteiger partial charge is 0.454 e. The molecular weight excluding hydrogens is 412 g/mol. The number of ether oxygens (including phenoxy) is 3. The van der Waals surface area contributed by atoms with Crippen LogP contribution < -0.4 is 9.47 Å². The van der Waals surface area contributed by atoms with Gasteiger partial charge in [0.05, 0.1) is 12.7 Å². The molecule has 4 rings (SSSR count). The number of hydrogen-bond acceptors (Lipinski definition) is 3. The second kappa shape index (κ2) is 8.98. The number of hydrogen-bond donors (Lipinski definition) is 0. The number of para-hydroxylation sites is 1. The lowest BCUT2D eigenvalue weighted by atomic mass is 10.0. The molecule has 0 aromatic heterocycles. The summed E-state index contributed by atoms with van der Waals surface area (Å²) in [4.78, 5) is 0. The lowest BCUT2D eigenvalue weighted by molar-refractivity contribution is -0.274. The Kier molecular flexibility index (Phi) is 6.13. The fourth-order valence-corrected chi connectivity index (χ4v) is 3.28. The summed E-state index contributed by atoms with van der Waals surface area (Å²) in [6.45, 7) is 0.216. The number of benzene rings is 3. The van der Waals surface area contributed by atoms with Gasteiger partial charge in [-0.2, -0.15) is 0 Å². The highest BCUT2D eigenvalue weighted by Crippen LogP contribution is 2.44. The van der Waals surface area contributed by atoms with Crippen molar-refractivity contribution in [3.05, 3.63) is 89.7 Å². The Morgan fingerprint density at radius 1 is 0.871 bits per heavy atom. The Morgan fingerprint density at radius 3 is 2.23 bits per heavy atom. The van der Waals surface area contributed by atoms with E-state index in [4.69, 9.17) is 9.47 Å². The molecule has 1 atom stereocenters. The maximum absolute atomic E-state index is 14.2. The van der Waals surface area contributed by atoms with Crippen LogP contribution in [-0.4, -0.2) is 6.36 Å². The molecule has 1 aliphatic rings. The molecule has 0 amide bonds. The maximum Gasteiger partial charge on any atom is 0.573 e. The summed E-state index contributed by atoms with van der Waals surface area (Å²) in [6.07, 6.45) is -3.02. The van der Waals surface area contributed by atoms with Crippen LogP contribution in [0.25, 0.3) is 0 Å². The first-order valence-corrected chi connectivity index (χ1v) is 9.86. The third kappa shape index (κ3) is 5.98. The van der Waals surface area contributed by atoms with Gasteiger partial charge < -0.3 is 14.2 Å². The minimum absolute atomic E-state index is 0.101. The summed E-state index contributed by atoms with van der Waals surface area (Å²) in [6, 6.07) is 19.2. The molecule has 3 aromatic rings. The fourth-order valence-electron chi connectivity index (χ4n) is 3.28. The summed E-state index contributed by atoms with van der Waals surface area (Å²) < 4.78 is 66.9. The van der Waals surface area contributed by atoms with E-state index in [0.717, 1.165) is 24.0 Å². The van der Waals surface area contributed by atoms with E-state index < -0.39 is 12.2 Å². The van der Waals surface area contributed by atoms with Crippen LogP contribution >= 0.6 is 0 Å². The fraction of sp³-hybridized carbons (Fsp3) is 0.250. The summed E-state index contributed by atoms with van der Waals surface area (Å²) in [5, 5.41) is 0. The predicted molar refractivity (Wildman–Crippen MR) is 106 cm³/mol. The van der Waals surface area contributed by atoms with Crippen LogP contribution in [0.15, 0.2) is 72.8 Å². The summed E-state index contributed by atoms with van der Waals surface area (Å²) in [5.74, 6) is 0.175. The van der Waals surface area contributed by atoms with Gasteiger partial charge in [-0.15, -0.1) is 13.2 Å². The summed E-state index contributed by atoms with van der Waals surface area (Å²) in [7, 11) is 0. The number of rotatable bonds is 8. The van der Waals surface area contributed by atoms with Crippen molar-refractivity contribution >= 4 is 0 Å². The molecule has 0 N–H and O–H groups in total. The van der Waals surface area contributed by atoms with Crippen LogP contribution in [0.3, 0.4) is 0 Å². The first-order chi connectivity index (χ1) is 14.9. The predicted octanol–water partition coefficient (Wildman–Crippen LogP) is 7.18. The SMILES string of the molecule is Fc1ccc(COC(c2ccc(OC(F)(F)F)cc2)C2CC2)cc1Oc1ccccc1. The van der Waals surface area contributed by atoms with Crippen LogP contribution in [0.5, 0.6) is 17.2 Å². The van der Waals surface area contributed by atoms with Crippen LogP contribution in [0, 0.1) is 11.7 Å². The molecule has 1 saturated carbocycles. The second-order valence-electron chi connectivity index (χ2n) is 7.37. The lowest BCUT2D eigenvalue weighted by Gasteiger charge is -2.19. The average molecular weight is 432 g/mol. The molecule has 3 aromatic carbocycles. The zero-order chi connectivity index (χ0) is 21.8. The number of alkyl halides is 3. The van der Waals surface area contributed by atoms with Crippen molar-refractivity contribution in [3.8, 4) is 17.2 Å². The maximum atomic E-state index is 14.2. The third-order valence-corrected chi connectivity index (χ3v) is 4.89. The van der Waals surface area contributed by atoms with Crippen molar-refractivity contribution in [3.63, 3.8) is 0 Å². The van der Waals surface area contributed by atoms with E-state index >= 15 is 0 Å².